The van der Waals surface area contributed by atoms with E-state index in [9.17, 15) is 4.39 Å². The Hall–Kier alpha value is -1.74. The predicted octanol–water partition coefficient (Wildman–Crippen LogP) is 3.94. The molecule has 2 aromatic heterocycles. The van der Waals surface area contributed by atoms with Crippen molar-refractivity contribution in [2.24, 2.45) is 0 Å². The van der Waals surface area contributed by atoms with Crippen molar-refractivity contribution in [3.8, 4) is 5.69 Å². The molecular formula is C18H21FN4Pt. The van der Waals surface area contributed by atoms with Crippen LogP contribution in [-0.4, -0.2) is 19.3 Å². The zero-order valence-corrected chi connectivity index (χ0v) is 15.9. The van der Waals surface area contributed by atoms with Crippen molar-refractivity contribution in [3.63, 3.8) is 0 Å². The summed E-state index contributed by atoms with van der Waals surface area (Å²) >= 11 is 2.30. The van der Waals surface area contributed by atoms with Crippen molar-refractivity contribution in [3.05, 3.63) is 63.7 Å². The number of nitrogens with zero attached hydrogens (tertiary/aromatic N) is 3. The SMILES string of the molecule is Cc1cc(CCCCCn2ccn(-c3cccc(F)c3)[c]2=[Pt])n[nH]1. The Kier molecular flexibility index (Phi) is 5.62. The van der Waals surface area contributed by atoms with Gasteiger partial charge in [0.05, 0.1) is 0 Å². The quantitative estimate of drug-likeness (QED) is 0.484. The van der Waals surface area contributed by atoms with Gasteiger partial charge in [0.15, 0.2) is 0 Å². The van der Waals surface area contributed by atoms with Crippen molar-refractivity contribution in [2.45, 2.75) is 39.2 Å². The van der Waals surface area contributed by atoms with E-state index in [1.54, 1.807) is 12.1 Å². The van der Waals surface area contributed by atoms with E-state index in [1.165, 1.54) is 12.5 Å². The number of hydrogen-bond acceptors (Lipinski definition) is 1. The van der Waals surface area contributed by atoms with Crippen LogP contribution in [-0.2, 0) is 32.3 Å². The molecule has 3 rings (SSSR count). The van der Waals surface area contributed by atoms with Gasteiger partial charge in [-0.25, -0.2) is 0 Å². The van der Waals surface area contributed by atoms with E-state index in [0.717, 1.165) is 46.7 Å². The molecule has 0 saturated heterocycles. The molecule has 2 heterocycles. The zero-order chi connectivity index (χ0) is 16.9. The molecule has 0 aliphatic heterocycles. The van der Waals surface area contributed by atoms with E-state index < -0.39 is 0 Å². The standard InChI is InChI=1S/C18H21FN4.Pt/c1-15-12-17(21-20-15)7-3-2-4-9-22-10-11-23(14-22)18-8-5-6-16(19)13-18;/h5-6,8,10-13H,2-4,7,9H2,1H3,(H,20,21);. The monoisotopic (exact) mass is 507 g/mol. The van der Waals surface area contributed by atoms with Crippen molar-refractivity contribution in [1.82, 2.24) is 19.3 Å². The number of imidazole rings is 1. The number of halogens is 1. The summed E-state index contributed by atoms with van der Waals surface area (Å²) in [7, 11) is 0. The fourth-order valence-electron chi connectivity index (χ4n) is 2.74. The van der Waals surface area contributed by atoms with Crippen LogP contribution in [0.4, 0.5) is 4.39 Å². The number of rotatable bonds is 7. The molecule has 24 heavy (non-hydrogen) atoms. The number of aromatic amines is 1. The number of aryl methyl sites for hydroxylation is 3. The molecule has 0 spiro atoms. The molecule has 0 fully saturated rings. The number of aromatic nitrogens is 4. The predicted molar refractivity (Wildman–Crippen MR) is 87.8 cm³/mol. The van der Waals surface area contributed by atoms with E-state index in [4.69, 9.17) is 0 Å². The minimum atomic E-state index is -0.211. The maximum absolute atomic E-state index is 13.4. The van der Waals surface area contributed by atoms with Crippen LogP contribution in [0, 0.1) is 16.5 Å². The number of unbranched alkanes of at least 4 members (excludes halogenated alkanes) is 2. The van der Waals surface area contributed by atoms with Crippen molar-refractivity contribution in [2.75, 3.05) is 0 Å². The van der Waals surface area contributed by atoms with Crippen molar-refractivity contribution in [1.29, 1.82) is 0 Å². The van der Waals surface area contributed by atoms with Gasteiger partial charge in [-0.15, -0.1) is 0 Å². The van der Waals surface area contributed by atoms with Crippen LogP contribution in [0.2, 0.25) is 0 Å². The Morgan fingerprint density at radius 1 is 1.17 bits per heavy atom. The van der Waals surface area contributed by atoms with E-state index in [0.29, 0.717) is 0 Å². The molecule has 1 aromatic carbocycles. The Labute approximate surface area is 151 Å². The summed E-state index contributed by atoms with van der Waals surface area (Å²) in [4.78, 5) is 0. The van der Waals surface area contributed by atoms with Crippen molar-refractivity contribution < 1.29 is 23.7 Å². The minimum absolute atomic E-state index is 0.211. The fourth-order valence-corrected chi connectivity index (χ4v) is 3.62. The molecule has 0 saturated carbocycles. The Morgan fingerprint density at radius 2 is 2.04 bits per heavy atom. The summed E-state index contributed by atoms with van der Waals surface area (Å²) in [6, 6.07) is 8.79. The molecule has 0 atom stereocenters. The fraction of sp³-hybridized carbons (Fsp3) is 0.333. The van der Waals surface area contributed by atoms with Gasteiger partial charge in [-0.1, -0.05) is 0 Å². The molecule has 130 valence electrons. The number of hydrogen-bond donors (Lipinski definition) is 1. The molecule has 0 amide bonds. The third-order valence-corrected chi connectivity index (χ3v) is 5.18. The molecule has 0 aliphatic rings. The van der Waals surface area contributed by atoms with E-state index in [-0.39, 0.29) is 5.82 Å². The van der Waals surface area contributed by atoms with Crippen LogP contribution in [0.3, 0.4) is 0 Å². The number of H-pyrrole nitrogens is 1. The Bertz CT molecular complexity index is 862. The normalized spacial score (nSPS) is 11.2. The second kappa shape index (κ2) is 7.89. The summed E-state index contributed by atoms with van der Waals surface area (Å²) in [5.74, 6) is -0.211. The van der Waals surface area contributed by atoms with Gasteiger partial charge in [-0.2, -0.15) is 0 Å². The number of nitrogens with one attached hydrogen (secondary N) is 1. The first-order valence-electron chi connectivity index (χ1n) is 8.13. The molecule has 1 N–H and O–H groups in total. The molecule has 6 heteroatoms. The average Bonchev–Trinajstić information content (AvgIpc) is 3.13. The van der Waals surface area contributed by atoms with E-state index >= 15 is 0 Å². The van der Waals surface area contributed by atoms with Crippen LogP contribution in [0.25, 0.3) is 5.69 Å². The molecule has 4 nitrogen and oxygen atoms in total. The second-order valence-corrected chi connectivity index (χ2v) is 6.95. The third-order valence-electron chi connectivity index (χ3n) is 3.98. The molecule has 0 bridgehead atoms. The van der Waals surface area contributed by atoms with Gasteiger partial charge in [0, 0.05) is 0 Å². The van der Waals surface area contributed by atoms with Crippen LogP contribution in [0.5, 0.6) is 0 Å². The van der Waals surface area contributed by atoms with Crippen LogP contribution < -0.4 is 0 Å². The van der Waals surface area contributed by atoms with Crippen LogP contribution in [0.15, 0.2) is 42.7 Å². The summed E-state index contributed by atoms with van der Waals surface area (Å²) in [5, 5.41) is 7.25. The first kappa shape index (κ1) is 17.1. The zero-order valence-electron chi connectivity index (χ0n) is 13.6. The van der Waals surface area contributed by atoms with Gasteiger partial charge in [-0.05, 0) is 0 Å². The summed E-state index contributed by atoms with van der Waals surface area (Å²) in [6.45, 7) is 3.00. The summed E-state index contributed by atoms with van der Waals surface area (Å²) < 4.78 is 18.7. The molecule has 0 radical (unpaired) electrons. The van der Waals surface area contributed by atoms with Gasteiger partial charge in [-0.3, -0.25) is 0 Å². The molecule has 0 unspecified atom stereocenters. The van der Waals surface area contributed by atoms with Crippen LogP contribution in [0.1, 0.15) is 30.7 Å². The van der Waals surface area contributed by atoms with Gasteiger partial charge in [0.1, 0.15) is 0 Å². The van der Waals surface area contributed by atoms with Gasteiger partial charge in [0.25, 0.3) is 0 Å². The van der Waals surface area contributed by atoms with Gasteiger partial charge >= 0.3 is 152 Å². The first-order valence-corrected chi connectivity index (χ1v) is 9.27. The van der Waals surface area contributed by atoms with Crippen molar-refractivity contribution >= 4 is 0 Å². The third kappa shape index (κ3) is 4.21. The molecule has 3 aromatic rings. The summed E-state index contributed by atoms with van der Waals surface area (Å²) in [5.41, 5.74) is 3.12. The van der Waals surface area contributed by atoms with Crippen LogP contribution >= 0.6 is 0 Å². The maximum atomic E-state index is 13.4. The van der Waals surface area contributed by atoms with Gasteiger partial charge < -0.3 is 0 Å². The summed E-state index contributed by atoms with van der Waals surface area (Å²) in [6.07, 6.45) is 8.51. The van der Waals surface area contributed by atoms with E-state index in [1.807, 2.05) is 23.8 Å². The molecule has 0 aliphatic carbocycles. The first-order chi connectivity index (χ1) is 11.6. The second-order valence-electron chi connectivity index (χ2n) is 5.94. The Morgan fingerprint density at radius 3 is 2.79 bits per heavy atom. The van der Waals surface area contributed by atoms with Gasteiger partial charge in [0.2, 0.25) is 0 Å². The average molecular weight is 507 g/mol. The number of benzene rings is 1. The Balaban J connectivity index is 1.52. The topological polar surface area (TPSA) is 38.5 Å². The van der Waals surface area contributed by atoms with E-state index in [2.05, 4.69) is 46.4 Å². The molecular weight excluding hydrogens is 486 g/mol.